The Morgan fingerprint density at radius 3 is 2.62 bits per heavy atom. The van der Waals surface area contributed by atoms with E-state index in [9.17, 15) is 9.59 Å². The van der Waals surface area contributed by atoms with Gasteiger partial charge in [-0.05, 0) is 6.92 Å². The highest BCUT2D eigenvalue weighted by Crippen LogP contribution is 1.92. The normalized spacial score (nSPS) is 8.88. The van der Waals surface area contributed by atoms with Crippen LogP contribution in [0.4, 0.5) is 0 Å². The zero-order valence-electron chi connectivity index (χ0n) is 9.17. The van der Waals surface area contributed by atoms with E-state index in [2.05, 4.69) is 16.1 Å². The summed E-state index contributed by atoms with van der Waals surface area (Å²) in [6.45, 7) is 5.11. The van der Waals surface area contributed by atoms with E-state index < -0.39 is 17.6 Å². The predicted molar refractivity (Wildman–Crippen MR) is 54.2 cm³/mol. The summed E-state index contributed by atoms with van der Waals surface area (Å²) in [5.74, 6) is -1.91. The standard InChI is InChI=1S/C9H13N3O4/c1-4-6-16-12(3)8(13)7(11-10)9(14)15-5-2/h4H,1,5-6H2,2-3H3. The zero-order valence-corrected chi connectivity index (χ0v) is 9.17. The van der Waals surface area contributed by atoms with E-state index in [-0.39, 0.29) is 13.2 Å². The van der Waals surface area contributed by atoms with Crippen LogP contribution in [0.3, 0.4) is 0 Å². The fourth-order valence-electron chi connectivity index (χ4n) is 0.743. The van der Waals surface area contributed by atoms with Gasteiger partial charge in [0.25, 0.3) is 0 Å². The quantitative estimate of drug-likeness (QED) is 0.119. The van der Waals surface area contributed by atoms with Crippen molar-refractivity contribution in [2.75, 3.05) is 20.3 Å². The molecule has 0 heterocycles. The first-order valence-electron chi connectivity index (χ1n) is 4.49. The van der Waals surface area contributed by atoms with Gasteiger partial charge in [0.1, 0.15) is 0 Å². The molecule has 7 heteroatoms. The molecule has 0 fully saturated rings. The lowest BCUT2D eigenvalue weighted by Gasteiger charge is -2.12. The van der Waals surface area contributed by atoms with Crippen LogP contribution < -0.4 is 0 Å². The van der Waals surface area contributed by atoms with Gasteiger partial charge < -0.3 is 10.3 Å². The van der Waals surface area contributed by atoms with Crippen LogP contribution in [0.2, 0.25) is 0 Å². The number of esters is 1. The van der Waals surface area contributed by atoms with Crippen LogP contribution in [0.25, 0.3) is 5.53 Å². The van der Waals surface area contributed by atoms with Gasteiger partial charge in [0.15, 0.2) is 0 Å². The summed E-state index contributed by atoms with van der Waals surface area (Å²) < 4.78 is 4.52. The number of rotatable bonds is 6. The smallest absolute Gasteiger partial charge is 0.457 e. The number of hydrogen-bond acceptors (Lipinski definition) is 4. The molecule has 0 aromatic heterocycles. The Kier molecular flexibility index (Phi) is 6.42. The Hall–Kier alpha value is -1.98. The summed E-state index contributed by atoms with van der Waals surface area (Å²) in [4.78, 5) is 30.0. The Morgan fingerprint density at radius 2 is 2.19 bits per heavy atom. The molecule has 88 valence electrons. The minimum atomic E-state index is -1.01. The number of hydrogen-bond donors (Lipinski definition) is 0. The second-order valence-corrected chi connectivity index (χ2v) is 2.56. The first kappa shape index (κ1) is 14.0. The molecule has 0 rings (SSSR count). The van der Waals surface area contributed by atoms with Crippen molar-refractivity contribution in [1.82, 2.24) is 5.06 Å². The molecule has 0 aromatic carbocycles. The van der Waals surface area contributed by atoms with Gasteiger partial charge in [-0.3, -0.25) is 9.63 Å². The van der Waals surface area contributed by atoms with Crippen molar-refractivity contribution >= 4 is 17.6 Å². The van der Waals surface area contributed by atoms with Gasteiger partial charge >= 0.3 is 17.6 Å². The van der Waals surface area contributed by atoms with E-state index >= 15 is 0 Å². The first-order chi connectivity index (χ1) is 7.58. The minimum Gasteiger partial charge on any atom is -0.457 e. The summed E-state index contributed by atoms with van der Waals surface area (Å²) >= 11 is 0. The zero-order chi connectivity index (χ0) is 12.6. The summed E-state index contributed by atoms with van der Waals surface area (Å²) in [6.07, 6.45) is 1.42. The lowest BCUT2D eigenvalue weighted by atomic mass is 10.3. The molecule has 16 heavy (non-hydrogen) atoms. The lowest BCUT2D eigenvalue weighted by molar-refractivity contribution is -0.172. The van der Waals surface area contributed by atoms with Gasteiger partial charge in [-0.25, -0.2) is 9.86 Å². The van der Waals surface area contributed by atoms with E-state index in [1.807, 2.05) is 0 Å². The van der Waals surface area contributed by atoms with Gasteiger partial charge in [0.2, 0.25) is 0 Å². The van der Waals surface area contributed by atoms with Crippen molar-refractivity contribution in [2.24, 2.45) is 0 Å². The number of amides is 1. The Morgan fingerprint density at radius 1 is 1.56 bits per heavy atom. The molecular formula is C9H13N3O4. The summed E-state index contributed by atoms with van der Waals surface area (Å²) in [5.41, 5.74) is 7.79. The SMILES string of the molecule is C=CCON(C)C(=O)C(=[N+]=[N-])C(=O)OCC. The van der Waals surface area contributed by atoms with E-state index in [0.29, 0.717) is 0 Å². The van der Waals surface area contributed by atoms with Crippen LogP contribution in [0, 0.1) is 0 Å². The third-order valence-corrected chi connectivity index (χ3v) is 1.44. The van der Waals surface area contributed by atoms with E-state index in [0.717, 1.165) is 5.06 Å². The monoisotopic (exact) mass is 227 g/mol. The maximum atomic E-state index is 11.5. The maximum absolute atomic E-state index is 11.5. The van der Waals surface area contributed by atoms with Crippen LogP contribution in [0.15, 0.2) is 12.7 Å². The van der Waals surface area contributed by atoms with Gasteiger partial charge in [-0.15, -0.1) is 6.58 Å². The predicted octanol–water partition coefficient (Wildman–Crippen LogP) is -0.204. The molecular weight excluding hydrogens is 214 g/mol. The number of hydroxylamine groups is 2. The highest BCUT2D eigenvalue weighted by Gasteiger charge is 2.34. The molecule has 0 aromatic rings. The molecule has 0 radical (unpaired) electrons. The van der Waals surface area contributed by atoms with Crippen molar-refractivity contribution in [1.29, 1.82) is 0 Å². The van der Waals surface area contributed by atoms with Crippen molar-refractivity contribution in [3.63, 3.8) is 0 Å². The third-order valence-electron chi connectivity index (χ3n) is 1.44. The molecule has 0 unspecified atom stereocenters. The van der Waals surface area contributed by atoms with Gasteiger partial charge in [0.05, 0.1) is 13.2 Å². The molecule has 1 amide bonds. The maximum Gasteiger partial charge on any atom is 0.465 e. The molecule has 0 aliphatic rings. The number of carbonyl (C=O) groups is 2. The second-order valence-electron chi connectivity index (χ2n) is 2.56. The van der Waals surface area contributed by atoms with Gasteiger partial charge in [-0.2, -0.15) is 4.79 Å². The summed E-state index contributed by atoms with van der Waals surface area (Å²) in [5, 5.41) is 0.758. The molecule has 0 aliphatic carbocycles. The lowest BCUT2D eigenvalue weighted by Crippen LogP contribution is -2.39. The molecule has 0 aliphatic heterocycles. The highest BCUT2D eigenvalue weighted by molar-refractivity contribution is 6.61. The average molecular weight is 227 g/mol. The molecule has 0 atom stereocenters. The van der Waals surface area contributed by atoms with E-state index in [1.54, 1.807) is 6.92 Å². The van der Waals surface area contributed by atoms with Crippen molar-refractivity contribution in [3.8, 4) is 0 Å². The van der Waals surface area contributed by atoms with E-state index in [4.69, 9.17) is 10.4 Å². The number of ether oxygens (including phenoxy) is 1. The van der Waals surface area contributed by atoms with Crippen molar-refractivity contribution < 1.29 is 24.0 Å². The van der Waals surface area contributed by atoms with Crippen LogP contribution >= 0.6 is 0 Å². The summed E-state index contributed by atoms with van der Waals surface area (Å²) in [7, 11) is 1.27. The van der Waals surface area contributed by atoms with E-state index in [1.165, 1.54) is 13.1 Å². The molecule has 0 saturated heterocycles. The number of nitrogens with zero attached hydrogens (tertiary/aromatic N) is 3. The second kappa shape index (κ2) is 7.33. The molecule has 0 saturated carbocycles. The summed E-state index contributed by atoms with van der Waals surface area (Å²) in [6, 6.07) is 0. The molecule has 0 spiro atoms. The van der Waals surface area contributed by atoms with Crippen LogP contribution in [-0.4, -0.2) is 47.7 Å². The fraction of sp³-hybridized carbons (Fsp3) is 0.444. The Bertz CT molecular complexity index is 334. The van der Waals surface area contributed by atoms with Crippen LogP contribution in [-0.2, 0) is 19.2 Å². The first-order valence-corrected chi connectivity index (χ1v) is 4.49. The minimum absolute atomic E-state index is 0.0718. The highest BCUT2D eigenvalue weighted by atomic mass is 16.7. The third kappa shape index (κ3) is 4.04. The van der Waals surface area contributed by atoms with Crippen LogP contribution in [0.5, 0.6) is 0 Å². The van der Waals surface area contributed by atoms with Gasteiger partial charge in [0, 0.05) is 7.05 Å². The van der Waals surface area contributed by atoms with Crippen molar-refractivity contribution in [3.05, 3.63) is 18.2 Å². The average Bonchev–Trinajstić information content (AvgIpc) is 2.27. The molecule has 0 N–H and O–H groups in total. The molecule has 7 nitrogen and oxygen atoms in total. The Balaban J connectivity index is 4.60. The topological polar surface area (TPSA) is 92.2 Å². The fourth-order valence-corrected chi connectivity index (χ4v) is 0.743. The largest absolute Gasteiger partial charge is 0.465 e. The number of carbonyl (C=O) groups excluding carboxylic acids is 2. The van der Waals surface area contributed by atoms with Crippen molar-refractivity contribution in [2.45, 2.75) is 6.92 Å². The van der Waals surface area contributed by atoms with Crippen LogP contribution in [0.1, 0.15) is 6.92 Å². The Labute approximate surface area is 92.8 Å². The van der Waals surface area contributed by atoms with Gasteiger partial charge in [-0.1, -0.05) is 6.08 Å². The molecule has 0 bridgehead atoms.